The van der Waals surface area contributed by atoms with Crippen LogP contribution in [0.1, 0.15) is 36.1 Å². The average molecular weight is 337 g/mol. The van der Waals surface area contributed by atoms with Crippen molar-refractivity contribution in [3.05, 3.63) is 63.6 Å². The van der Waals surface area contributed by atoms with Crippen molar-refractivity contribution in [2.75, 3.05) is 6.54 Å². The fourth-order valence-corrected chi connectivity index (χ4v) is 2.67. The summed E-state index contributed by atoms with van der Waals surface area (Å²) in [6.07, 6.45) is 4.64. The maximum atomic E-state index is 13.6. The number of nitrogens with zero attached hydrogens (tertiary/aromatic N) is 1. The summed E-state index contributed by atoms with van der Waals surface area (Å²) in [6, 6.07) is 6.69. The van der Waals surface area contributed by atoms with E-state index in [1.807, 2.05) is 19.2 Å². The standard InChI is InChI=1S/C16H18BrFN2/c1-3-7-20-16(14-10-19-8-6-11(14)2)13-9-12(18)4-5-15(13)17/h4-6,8-10,16,20H,3,7H2,1-2H3. The summed E-state index contributed by atoms with van der Waals surface area (Å²) < 4.78 is 14.5. The minimum Gasteiger partial charge on any atom is -0.306 e. The molecule has 0 aliphatic heterocycles. The number of hydrogen-bond acceptors (Lipinski definition) is 2. The number of pyridine rings is 1. The van der Waals surface area contributed by atoms with Crippen molar-refractivity contribution in [2.45, 2.75) is 26.3 Å². The van der Waals surface area contributed by atoms with Gasteiger partial charge in [-0.3, -0.25) is 4.98 Å². The van der Waals surface area contributed by atoms with Crippen molar-refractivity contribution in [1.29, 1.82) is 0 Å². The van der Waals surface area contributed by atoms with E-state index >= 15 is 0 Å². The molecule has 0 saturated heterocycles. The number of aryl methyl sites for hydroxylation is 1. The molecule has 106 valence electrons. The molecule has 0 radical (unpaired) electrons. The van der Waals surface area contributed by atoms with Gasteiger partial charge in [0.2, 0.25) is 0 Å². The number of hydrogen-bond donors (Lipinski definition) is 1. The predicted molar refractivity (Wildman–Crippen MR) is 83.2 cm³/mol. The summed E-state index contributed by atoms with van der Waals surface area (Å²) in [7, 11) is 0. The molecule has 4 heteroatoms. The van der Waals surface area contributed by atoms with Crippen LogP contribution in [0.15, 0.2) is 41.1 Å². The summed E-state index contributed by atoms with van der Waals surface area (Å²) in [5.41, 5.74) is 3.12. The second-order valence-electron chi connectivity index (χ2n) is 4.79. The van der Waals surface area contributed by atoms with Crippen LogP contribution in [0.2, 0.25) is 0 Å². The van der Waals surface area contributed by atoms with Crippen LogP contribution in [0.4, 0.5) is 4.39 Å². The summed E-state index contributed by atoms with van der Waals surface area (Å²) in [4.78, 5) is 4.20. The SMILES string of the molecule is CCCNC(c1cnccc1C)c1cc(F)ccc1Br. The van der Waals surface area contributed by atoms with Gasteiger partial charge in [0.1, 0.15) is 5.82 Å². The van der Waals surface area contributed by atoms with E-state index in [2.05, 4.69) is 33.2 Å². The molecule has 0 aliphatic rings. The lowest BCUT2D eigenvalue weighted by Crippen LogP contribution is -2.24. The molecule has 0 amide bonds. The zero-order valence-corrected chi connectivity index (χ0v) is 13.2. The Bertz CT molecular complexity index is 586. The molecule has 1 unspecified atom stereocenters. The fraction of sp³-hybridized carbons (Fsp3) is 0.312. The Hall–Kier alpha value is -1.26. The van der Waals surface area contributed by atoms with Gasteiger partial charge in [-0.2, -0.15) is 0 Å². The number of benzene rings is 1. The Balaban J connectivity index is 2.47. The minimum atomic E-state index is -0.229. The Morgan fingerprint density at radius 3 is 2.80 bits per heavy atom. The lowest BCUT2D eigenvalue weighted by Gasteiger charge is -2.22. The van der Waals surface area contributed by atoms with Crippen LogP contribution in [0.25, 0.3) is 0 Å². The zero-order chi connectivity index (χ0) is 14.5. The first kappa shape index (κ1) is 15.1. The monoisotopic (exact) mass is 336 g/mol. The van der Waals surface area contributed by atoms with E-state index in [9.17, 15) is 4.39 Å². The van der Waals surface area contributed by atoms with Crippen molar-refractivity contribution in [3.63, 3.8) is 0 Å². The Morgan fingerprint density at radius 1 is 1.30 bits per heavy atom. The highest BCUT2D eigenvalue weighted by Gasteiger charge is 2.18. The molecule has 0 saturated carbocycles. The number of aromatic nitrogens is 1. The van der Waals surface area contributed by atoms with E-state index < -0.39 is 0 Å². The highest BCUT2D eigenvalue weighted by Crippen LogP contribution is 2.30. The van der Waals surface area contributed by atoms with Crippen molar-refractivity contribution in [1.82, 2.24) is 10.3 Å². The third-order valence-electron chi connectivity index (χ3n) is 3.26. The summed E-state index contributed by atoms with van der Waals surface area (Å²) in [6.45, 7) is 5.02. The first-order valence-electron chi connectivity index (χ1n) is 6.72. The van der Waals surface area contributed by atoms with E-state index in [4.69, 9.17) is 0 Å². The molecule has 0 fully saturated rings. The fourth-order valence-electron chi connectivity index (χ4n) is 2.19. The van der Waals surface area contributed by atoms with Gasteiger partial charge in [0.05, 0.1) is 6.04 Å². The minimum absolute atomic E-state index is 0.0614. The summed E-state index contributed by atoms with van der Waals surface area (Å²) in [5, 5.41) is 3.47. The number of halogens is 2. The molecule has 2 rings (SSSR count). The van der Waals surface area contributed by atoms with Crippen molar-refractivity contribution >= 4 is 15.9 Å². The van der Waals surface area contributed by atoms with Crippen LogP contribution in [0.3, 0.4) is 0 Å². The van der Waals surface area contributed by atoms with Crippen molar-refractivity contribution in [2.24, 2.45) is 0 Å². The Kier molecular flexibility index (Phi) is 5.26. The molecule has 0 aliphatic carbocycles. The highest BCUT2D eigenvalue weighted by molar-refractivity contribution is 9.10. The van der Waals surface area contributed by atoms with E-state index in [1.54, 1.807) is 18.3 Å². The van der Waals surface area contributed by atoms with Gasteiger partial charge in [-0.25, -0.2) is 4.39 Å². The zero-order valence-electron chi connectivity index (χ0n) is 11.7. The largest absolute Gasteiger partial charge is 0.306 e. The van der Waals surface area contributed by atoms with Crippen LogP contribution < -0.4 is 5.32 Å². The summed E-state index contributed by atoms with van der Waals surface area (Å²) in [5.74, 6) is -0.229. The lowest BCUT2D eigenvalue weighted by atomic mass is 9.96. The van der Waals surface area contributed by atoms with Crippen LogP contribution in [0, 0.1) is 12.7 Å². The highest BCUT2D eigenvalue weighted by atomic mass is 79.9. The van der Waals surface area contributed by atoms with E-state index in [0.717, 1.165) is 34.1 Å². The third kappa shape index (κ3) is 3.44. The van der Waals surface area contributed by atoms with Crippen LogP contribution in [-0.2, 0) is 0 Å². The Morgan fingerprint density at radius 2 is 2.10 bits per heavy atom. The average Bonchev–Trinajstić information content (AvgIpc) is 2.44. The van der Waals surface area contributed by atoms with Crippen molar-refractivity contribution < 1.29 is 4.39 Å². The van der Waals surface area contributed by atoms with Crippen molar-refractivity contribution in [3.8, 4) is 0 Å². The third-order valence-corrected chi connectivity index (χ3v) is 3.98. The number of nitrogens with one attached hydrogen (secondary N) is 1. The van der Waals surface area contributed by atoms with Gasteiger partial charge in [-0.15, -0.1) is 0 Å². The van der Waals surface area contributed by atoms with Gasteiger partial charge in [0.15, 0.2) is 0 Å². The predicted octanol–water partition coefficient (Wildman–Crippen LogP) is 4.38. The molecule has 1 N–H and O–H groups in total. The lowest BCUT2D eigenvalue weighted by molar-refractivity contribution is 0.580. The normalized spacial score (nSPS) is 12.4. The molecule has 20 heavy (non-hydrogen) atoms. The maximum Gasteiger partial charge on any atom is 0.123 e. The molecule has 1 aromatic carbocycles. The van der Waals surface area contributed by atoms with Gasteiger partial charge in [0, 0.05) is 16.9 Å². The van der Waals surface area contributed by atoms with E-state index in [0.29, 0.717) is 0 Å². The van der Waals surface area contributed by atoms with Gasteiger partial charge in [-0.05, 0) is 60.8 Å². The topological polar surface area (TPSA) is 24.9 Å². The second kappa shape index (κ2) is 6.95. The summed E-state index contributed by atoms with van der Waals surface area (Å²) >= 11 is 3.52. The van der Waals surface area contributed by atoms with Gasteiger partial charge < -0.3 is 5.32 Å². The molecular weight excluding hydrogens is 319 g/mol. The Labute approximate surface area is 127 Å². The van der Waals surface area contributed by atoms with Gasteiger partial charge in [0.25, 0.3) is 0 Å². The van der Waals surface area contributed by atoms with Gasteiger partial charge in [-0.1, -0.05) is 22.9 Å². The molecule has 0 bridgehead atoms. The quantitative estimate of drug-likeness (QED) is 0.876. The molecule has 1 heterocycles. The van der Waals surface area contributed by atoms with E-state index in [-0.39, 0.29) is 11.9 Å². The first-order chi connectivity index (χ1) is 9.63. The van der Waals surface area contributed by atoms with E-state index in [1.165, 1.54) is 6.07 Å². The number of rotatable bonds is 5. The molecule has 1 atom stereocenters. The van der Waals surface area contributed by atoms with Crippen LogP contribution >= 0.6 is 15.9 Å². The van der Waals surface area contributed by atoms with Crippen LogP contribution in [0.5, 0.6) is 0 Å². The smallest absolute Gasteiger partial charge is 0.123 e. The molecule has 1 aromatic heterocycles. The second-order valence-corrected chi connectivity index (χ2v) is 5.64. The molecule has 0 spiro atoms. The van der Waals surface area contributed by atoms with Gasteiger partial charge >= 0.3 is 0 Å². The molecule has 2 nitrogen and oxygen atoms in total. The molecular formula is C16H18BrFN2. The molecule has 2 aromatic rings. The first-order valence-corrected chi connectivity index (χ1v) is 7.51. The van der Waals surface area contributed by atoms with Crippen LogP contribution in [-0.4, -0.2) is 11.5 Å². The maximum absolute atomic E-state index is 13.6.